The minimum absolute atomic E-state index is 0.566. The van der Waals surface area contributed by atoms with Crippen LogP contribution in [-0.2, 0) is 0 Å². The highest BCUT2D eigenvalue weighted by Gasteiger charge is 2.07. The van der Waals surface area contributed by atoms with Crippen molar-refractivity contribution in [3.8, 4) is 0 Å². The van der Waals surface area contributed by atoms with E-state index in [0.717, 1.165) is 25.2 Å². The number of hydrogen-bond acceptors (Lipinski definition) is 4. The van der Waals surface area contributed by atoms with E-state index in [2.05, 4.69) is 36.1 Å². The Morgan fingerprint density at radius 1 is 1.53 bits per heavy atom. The summed E-state index contributed by atoms with van der Waals surface area (Å²) in [6, 6.07) is 0.585. The lowest BCUT2D eigenvalue weighted by atomic mass is 10.2. The smallest absolute Gasteiger partial charge is 0.0841 e. The van der Waals surface area contributed by atoms with Gasteiger partial charge in [-0.3, -0.25) is 4.98 Å². The van der Waals surface area contributed by atoms with Crippen LogP contribution >= 0.6 is 11.6 Å². The first kappa shape index (κ1) is 14.1. The van der Waals surface area contributed by atoms with Crippen LogP contribution in [0.2, 0.25) is 5.02 Å². The summed E-state index contributed by atoms with van der Waals surface area (Å²) < 4.78 is 0. The summed E-state index contributed by atoms with van der Waals surface area (Å²) in [5.41, 5.74) is 7.16. The van der Waals surface area contributed by atoms with Gasteiger partial charge >= 0.3 is 0 Å². The summed E-state index contributed by atoms with van der Waals surface area (Å²) in [5.74, 6) is 0. The van der Waals surface area contributed by atoms with Crippen LogP contribution in [0.4, 0.5) is 11.4 Å². The molecule has 0 bridgehead atoms. The molecule has 0 aliphatic carbocycles. The van der Waals surface area contributed by atoms with E-state index in [1.54, 1.807) is 12.4 Å². The van der Waals surface area contributed by atoms with Gasteiger partial charge < -0.3 is 16.0 Å². The fraction of sp³-hybridized carbons (Fsp3) is 0.583. The van der Waals surface area contributed by atoms with Crippen molar-refractivity contribution in [2.45, 2.75) is 26.3 Å². The number of halogens is 1. The fourth-order valence-electron chi connectivity index (χ4n) is 1.53. The highest BCUT2D eigenvalue weighted by Crippen LogP contribution is 2.26. The van der Waals surface area contributed by atoms with Crippen molar-refractivity contribution >= 4 is 23.0 Å². The molecule has 1 aromatic rings. The van der Waals surface area contributed by atoms with Gasteiger partial charge in [0, 0.05) is 25.3 Å². The van der Waals surface area contributed by atoms with Crippen LogP contribution < -0.4 is 11.1 Å². The van der Waals surface area contributed by atoms with Crippen molar-refractivity contribution in [2.24, 2.45) is 0 Å². The molecule has 4 nitrogen and oxygen atoms in total. The molecule has 0 aliphatic rings. The van der Waals surface area contributed by atoms with Gasteiger partial charge in [-0.15, -0.1) is 0 Å². The zero-order valence-electron chi connectivity index (χ0n) is 10.7. The fourth-order valence-corrected chi connectivity index (χ4v) is 1.76. The van der Waals surface area contributed by atoms with Gasteiger partial charge in [0.25, 0.3) is 0 Å². The predicted molar refractivity (Wildman–Crippen MR) is 74.5 cm³/mol. The molecule has 0 radical (unpaired) electrons. The van der Waals surface area contributed by atoms with Gasteiger partial charge in [0.1, 0.15) is 0 Å². The standard InChI is InChI=1S/C12H21ClN4/c1-4-9(2)17(3)6-5-16-12-10(13)7-15-8-11(12)14/h7-9H,4-6,14H2,1-3H3,(H,15,16). The number of rotatable bonds is 6. The van der Waals surface area contributed by atoms with Crippen LogP contribution in [0.3, 0.4) is 0 Å². The molecule has 0 spiro atoms. The van der Waals surface area contributed by atoms with Crippen LogP contribution in [0.1, 0.15) is 20.3 Å². The van der Waals surface area contributed by atoms with E-state index in [-0.39, 0.29) is 0 Å². The number of nitrogens with two attached hydrogens (primary N) is 1. The Bertz CT molecular complexity index is 336. The zero-order chi connectivity index (χ0) is 12.8. The van der Waals surface area contributed by atoms with Gasteiger partial charge in [0.15, 0.2) is 0 Å². The highest BCUT2D eigenvalue weighted by atomic mass is 35.5. The second-order valence-corrected chi connectivity index (χ2v) is 4.66. The van der Waals surface area contributed by atoms with Crippen LogP contribution in [0, 0.1) is 0 Å². The lowest BCUT2D eigenvalue weighted by Crippen LogP contribution is -2.32. The average Bonchev–Trinajstić information content (AvgIpc) is 2.31. The molecular formula is C12H21ClN4. The number of pyridine rings is 1. The van der Waals surface area contributed by atoms with Crippen LogP contribution in [-0.4, -0.2) is 36.1 Å². The van der Waals surface area contributed by atoms with Crippen LogP contribution in [0.15, 0.2) is 12.4 Å². The van der Waals surface area contributed by atoms with Gasteiger partial charge in [-0.05, 0) is 20.4 Å². The average molecular weight is 257 g/mol. The Kier molecular flexibility index (Phi) is 5.51. The lowest BCUT2D eigenvalue weighted by molar-refractivity contribution is 0.261. The molecule has 0 saturated carbocycles. The van der Waals surface area contributed by atoms with Gasteiger partial charge in [-0.1, -0.05) is 18.5 Å². The molecule has 17 heavy (non-hydrogen) atoms. The number of hydrogen-bond donors (Lipinski definition) is 2. The zero-order valence-corrected chi connectivity index (χ0v) is 11.5. The Labute approximate surface area is 108 Å². The summed E-state index contributed by atoms with van der Waals surface area (Å²) in [6.07, 6.45) is 4.35. The summed E-state index contributed by atoms with van der Waals surface area (Å²) >= 11 is 6.02. The quantitative estimate of drug-likeness (QED) is 0.821. The summed E-state index contributed by atoms with van der Waals surface area (Å²) in [4.78, 5) is 6.23. The molecule has 0 aromatic carbocycles. The number of anilines is 2. The van der Waals surface area contributed by atoms with E-state index in [9.17, 15) is 0 Å². The van der Waals surface area contributed by atoms with E-state index in [4.69, 9.17) is 17.3 Å². The molecular weight excluding hydrogens is 236 g/mol. The van der Waals surface area contributed by atoms with Gasteiger partial charge in [-0.2, -0.15) is 0 Å². The first-order valence-electron chi connectivity index (χ1n) is 5.89. The molecule has 96 valence electrons. The molecule has 0 saturated heterocycles. The Balaban J connectivity index is 2.46. The lowest BCUT2D eigenvalue weighted by Gasteiger charge is -2.23. The number of aromatic nitrogens is 1. The maximum absolute atomic E-state index is 6.02. The second-order valence-electron chi connectivity index (χ2n) is 4.25. The largest absolute Gasteiger partial charge is 0.396 e. The highest BCUT2D eigenvalue weighted by molar-refractivity contribution is 6.33. The molecule has 3 N–H and O–H groups in total. The van der Waals surface area contributed by atoms with Crippen molar-refractivity contribution in [1.29, 1.82) is 0 Å². The van der Waals surface area contributed by atoms with E-state index in [0.29, 0.717) is 16.8 Å². The number of likely N-dealkylation sites (N-methyl/N-ethyl adjacent to an activating group) is 1. The Hall–Kier alpha value is -1.00. The van der Waals surface area contributed by atoms with E-state index in [1.807, 2.05) is 0 Å². The maximum atomic E-state index is 6.02. The van der Waals surface area contributed by atoms with Crippen molar-refractivity contribution in [3.63, 3.8) is 0 Å². The van der Waals surface area contributed by atoms with Gasteiger partial charge in [0.2, 0.25) is 0 Å². The predicted octanol–water partition coefficient (Wildman–Crippen LogP) is 2.46. The van der Waals surface area contributed by atoms with E-state index in [1.165, 1.54) is 0 Å². The number of nitrogens with zero attached hydrogens (tertiary/aromatic N) is 2. The van der Waals surface area contributed by atoms with Crippen LogP contribution in [0.25, 0.3) is 0 Å². The van der Waals surface area contributed by atoms with Gasteiger partial charge in [-0.25, -0.2) is 0 Å². The number of nitrogen functional groups attached to an aromatic ring is 1. The number of nitrogens with one attached hydrogen (secondary N) is 1. The molecule has 0 fully saturated rings. The minimum atomic E-state index is 0.566. The molecule has 5 heteroatoms. The van der Waals surface area contributed by atoms with Crippen LogP contribution in [0.5, 0.6) is 0 Å². The third-order valence-electron chi connectivity index (χ3n) is 3.04. The first-order valence-corrected chi connectivity index (χ1v) is 6.27. The first-order chi connectivity index (χ1) is 8.06. The topological polar surface area (TPSA) is 54.2 Å². The van der Waals surface area contributed by atoms with E-state index < -0.39 is 0 Å². The Morgan fingerprint density at radius 2 is 2.24 bits per heavy atom. The van der Waals surface area contributed by atoms with Crippen molar-refractivity contribution < 1.29 is 0 Å². The van der Waals surface area contributed by atoms with Crippen molar-refractivity contribution in [3.05, 3.63) is 17.4 Å². The second kappa shape index (κ2) is 6.67. The molecule has 1 heterocycles. The molecule has 1 atom stereocenters. The SMILES string of the molecule is CCC(C)N(C)CCNc1c(N)cncc1Cl. The van der Waals surface area contributed by atoms with Gasteiger partial charge in [0.05, 0.1) is 22.6 Å². The molecule has 1 aromatic heterocycles. The molecule has 1 unspecified atom stereocenters. The minimum Gasteiger partial charge on any atom is -0.396 e. The maximum Gasteiger partial charge on any atom is 0.0841 e. The molecule has 1 rings (SSSR count). The summed E-state index contributed by atoms with van der Waals surface area (Å²) in [6.45, 7) is 6.17. The molecule has 0 amide bonds. The summed E-state index contributed by atoms with van der Waals surface area (Å²) in [5, 5.41) is 3.82. The molecule has 0 aliphatic heterocycles. The Morgan fingerprint density at radius 3 is 2.82 bits per heavy atom. The third kappa shape index (κ3) is 4.06. The monoisotopic (exact) mass is 256 g/mol. The van der Waals surface area contributed by atoms with E-state index >= 15 is 0 Å². The summed E-state index contributed by atoms with van der Waals surface area (Å²) in [7, 11) is 2.12. The normalized spacial score (nSPS) is 12.8. The van der Waals surface area contributed by atoms with Crippen molar-refractivity contribution in [1.82, 2.24) is 9.88 Å². The third-order valence-corrected chi connectivity index (χ3v) is 3.33. The van der Waals surface area contributed by atoms with Crippen molar-refractivity contribution in [2.75, 3.05) is 31.2 Å².